The third kappa shape index (κ3) is 3.10. The smallest absolute Gasteiger partial charge is 0.302 e. The third-order valence-corrected chi connectivity index (χ3v) is 8.60. The first-order valence-corrected chi connectivity index (χ1v) is 10.9. The lowest BCUT2D eigenvalue weighted by Gasteiger charge is -2.58. The van der Waals surface area contributed by atoms with Crippen LogP contribution < -0.4 is 0 Å². The second-order valence-corrected chi connectivity index (χ2v) is 9.89. The fourth-order valence-corrected chi connectivity index (χ4v) is 7.23. The number of ether oxygens (including phenoxy) is 2. The summed E-state index contributed by atoms with van der Waals surface area (Å²) in [5.74, 6) is 1.11. The van der Waals surface area contributed by atoms with Gasteiger partial charge in [0.05, 0.1) is 6.10 Å². The molecule has 5 nitrogen and oxygen atoms in total. The van der Waals surface area contributed by atoms with Crippen molar-refractivity contribution in [2.24, 2.45) is 28.6 Å². The maximum atomic E-state index is 11.7. The molecule has 0 saturated heterocycles. The van der Waals surface area contributed by atoms with Crippen LogP contribution >= 0.6 is 0 Å². The molecule has 7 atom stereocenters. The lowest BCUT2D eigenvalue weighted by molar-refractivity contribution is -0.154. The van der Waals surface area contributed by atoms with E-state index in [9.17, 15) is 14.7 Å². The summed E-state index contributed by atoms with van der Waals surface area (Å²) < 4.78 is 11.2. The molecule has 4 aliphatic rings. The minimum absolute atomic E-state index is 0.0318. The van der Waals surface area contributed by atoms with Crippen molar-refractivity contribution in [1.29, 1.82) is 0 Å². The Morgan fingerprint density at radius 1 is 1.11 bits per heavy atom. The molecule has 28 heavy (non-hydrogen) atoms. The van der Waals surface area contributed by atoms with E-state index in [1.807, 2.05) is 0 Å². The quantitative estimate of drug-likeness (QED) is 0.586. The standard InChI is InChI=1S/C23H34O5/c1-14(24)27-13-23-11-8-17(28-15(2)25)12-16(23)4-5-18-19-6-7-21(26)22(19,3)10-9-20(18)23/h4,17-21,26H,5-13H2,1-3H3/t17-,18-,19-,20-,21-,22-,23+/m0/s1. The van der Waals surface area contributed by atoms with Gasteiger partial charge in [0.25, 0.3) is 0 Å². The van der Waals surface area contributed by atoms with E-state index in [1.165, 1.54) is 19.4 Å². The maximum absolute atomic E-state index is 11.7. The maximum Gasteiger partial charge on any atom is 0.302 e. The van der Waals surface area contributed by atoms with Crippen molar-refractivity contribution in [2.75, 3.05) is 6.61 Å². The van der Waals surface area contributed by atoms with Crippen LogP contribution in [0.15, 0.2) is 11.6 Å². The molecule has 156 valence electrons. The number of carbonyl (C=O) groups is 2. The molecule has 0 aliphatic heterocycles. The van der Waals surface area contributed by atoms with Crippen LogP contribution in [0, 0.1) is 28.6 Å². The van der Waals surface area contributed by atoms with Crippen LogP contribution in [0.5, 0.6) is 0 Å². The minimum atomic E-state index is -0.227. The summed E-state index contributed by atoms with van der Waals surface area (Å²) in [6.07, 6.45) is 9.75. The van der Waals surface area contributed by atoms with Crippen molar-refractivity contribution in [2.45, 2.75) is 84.3 Å². The Morgan fingerprint density at radius 2 is 1.89 bits per heavy atom. The van der Waals surface area contributed by atoms with Gasteiger partial charge < -0.3 is 14.6 Å². The van der Waals surface area contributed by atoms with Crippen molar-refractivity contribution < 1.29 is 24.2 Å². The molecule has 0 aromatic rings. The molecule has 4 aliphatic carbocycles. The number of aliphatic hydroxyl groups is 1. The lowest BCUT2D eigenvalue weighted by atomic mass is 9.47. The Hall–Kier alpha value is -1.36. The molecule has 0 spiro atoms. The highest BCUT2D eigenvalue weighted by Gasteiger charge is 2.60. The largest absolute Gasteiger partial charge is 0.465 e. The van der Waals surface area contributed by atoms with E-state index in [-0.39, 0.29) is 35.0 Å². The molecule has 0 heterocycles. The summed E-state index contributed by atoms with van der Waals surface area (Å²) in [6, 6.07) is 0. The van der Waals surface area contributed by atoms with E-state index < -0.39 is 0 Å². The first-order chi connectivity index (χ1) is 13.3. The monoisotopic (exact) mass is 390 g/mol. The average molecular weight is 391 g/mol. The lowest BCUT2D eigenvalue weighted by Crippen LogP contribution is -2.54. The number of aliphatic hydroxyl groups excluding tert-OH is 1. The number of carbonyl (C=O) groups excluding carboxylic acids is 2. The highest BCUT2D eigenvalue weighted by Crippen LogP contribution is 2.65. The van der Waals surface area contributed by atoms with Crippen molar-refractivity contribution in [3.05, 3.63) is 11.6 Å². The minimum Gasteiger partial charge on any atom is -0.465 e. The molecule has 1 N–H and O–H groups in total. The Bertz CT molecular complexity index is 684. The number of hydrogen-bond donors (Lipinski definition) is 1. The van der Waals surface area contributed by atoms with Gasteiger partial charge in [-0.3, -0.25) is 9.59 Å². The molecular formula is C23H34O5. The van der Waals surface area contributed by atoms with Gasteiger partial charge in [-0.05, 0) is 68.1 Å². The molecular weight excluding hydrogens is 356 g/mol. The van der Waals surface area contributed by atoms with Gasteiger partial charge >= 0.3 is 11.9 Å². The topological polar surface area (TPSA) is 72.8 Å². The van der Waals surface area contributed by atoms with E-state index in [4.69, 9.17) is 9.47 Å². The van der Waals surface area contributed by atoms with Gasteiger partial charge in [0.2, 0.25) is 0 Å². The second-order valence-electron chi connectivity index (χ2n) is 9.89. The predicted molar refractivity (Wildman–Crippen MR) is 104 cm³/mol. The van der Waals surface area contributed by atoms with Crippen molar-refractivity contribution in [3.63, 3.8) is 0 Å². The van der Waals surface area contributed by atoms with Gasteiger partial charge in [0, 0.05) is 25.7 Å². The molecule has 4 rings (SSSR count). The number of rotatable bonds is 3. The summed E-state index contributed by atoms with van der Waals surface area (Å²) in [5, 5.41) is 10.6. The Balaban J connectivity index is 1.65. The van der Waals surface area contributed by atoms with Gasteiger partial charge in [-0.25, -0.2) is 0 Å². The summed E-state index contributed by atoms with van der Waals surface area (Å²) in [7, 11) is 0. The van der Waals surface area contributed by atoms with Gasteiger partial charge in [-0.1, -0.05) is 18.6 Å². The van der Waals surface area contributed by atoms with Crippen LogP contribution in [0.4, 0.5) is 0 Å². The molecule has 0 amide bonds. The van der Waals surface area contributed by atoms with Crippen molar-refractivity contribution in [1.82, 2.24) is 0 Å². The molecule has 0 aromatic heterocycles. The SMILES string of the molecule is CC(=O)OC[C@]12CC[C@H](OC(C)=O)CC1=CC[C@@H]1[C@@H]2CC[C@]2(C)[C@@H](O)CC[C@@H]12. The van der Waals surface area contributed by atoms with E-state index in [0.717, 1.165) is 51.4 Å². The number of hydrogen-bond acceptors (Lipinski definition) is 5. The third-order valence-electron chi connectivity index (χ3n) is 8.60. The molecule has 0 aromatic carbocycles. The summed E-state index contributed by atoms with van der Waals surface area (Å²) in [6.45, 7) is 5.67. The highest BCUT2D eigenvalue weighted by molar-refractivity contribution is 5.66. The van der Waals surface area contributed by atoms with Crippen LogP contribution in [0.1, 0.15) is 72.1 Å². The number of esters is 2. The van der Waals surface area contributed by atoms with Crippen LogP contribution in [0.3, 0.4) is 0 Å². The van der Waals surface area contributed by atoms with Crippen LogP contribution in [-0.2, 0) is 19.1 Å². The van der Waals surface area contributed by atoms with Crippen LogP contribution in [0.2, 0.25) is 0 Å². The first kappa shape index (κ1) is 19.9. The number of allylic oxidation sites excluding steroid dienone is 1. The summed E-state index contributed by atoms with van der Waals surface area (Å²) in [4.78, 5) is 23.1. The zero-order valence-corrected chi connectivity index (χ0v) is 17.4. The van der Waals surface area contributed by atoms with Crippen LogP contribution in [-0.4, -0.2) is 35.9 Å². The Kier molecular flexibility index (Phi) is 5.09. The molecule has 3 saturated carbocycles. The van der Waals surface area contributed by atoms with Gasteiger partial charge in [-0.2, -0.15) is 0 Å². The average Bonchev–Trinajstić information content (AvgIpc) is 2.94. The molecule has 0 unspecified atom stereocenters. The Morgan fingerprint density at radius 3 is 2.61 bits per heavy atom. The summed E-state index contributed by atoms with van der Waals surface area (Å²) >= 11 is 0. The molecule has 5 heteroatoms. The molecule has 0 bridgehead atoms. The van der Waals surface area contributed by atoms with Gasteiger partial charge in [0.15, 0.2) is 0 Å². The van der Waals surface area contributed by atoms with Crippen molar-refractivity contribution >= 4 is 11.9 Å². The molecule has 0 radical (unpaired) electrons. The normalized spacial score (nSPS) is 44.6. The predicted octanol–water partition coefficient (Wildman–Crippen LogP) is 3.79. The molecule has 3 fully saturated rings. The van der Waals surface area contributed by atoms with E-state index in [2.05, 4.69) is 13.0 Å². The van der Waals surface area contributed by atoms with Crippen molar-refractivity contribution in [3.8, 4) is 0 Å². The number of fused-ring (bicyclic) bond motifs is 5. The second kappa shape index (κ2) is 7.16. The van der Waals surface area contributed by atoms with E-state index >= 15 is 0 Å². The highest BCUT2D eigenvalue weighted by atomic mass is 16.5. The fraction of sp³-hybridized carbons (Fsp3) is 0.826. The summed E-state index contributed by atoms with van der Waals surface area (Å²) in [5.41, 5.74) is 1.24. The zero-order valence-electron chi connectivity index (χ0n) is 17.4. The van der Waals surface area contributed by atoms with E-state index in [0.29, 0.717) is 24.4 Å². The van der Waals surface area contributed by atoms with Gasteiger partial charge in [-0.15, -0.1) is 0 Å². The fourth-order valence-electron chi connectivity index (χ4n) is 7.23. The Labute approximate surface area is 167 Å². The van der Waals surface area contributed by atoms with Gasteiger partial charge in [0.1, 0.15) is 12.7 Å². The van der Waals surface area contributed by atoms with Crippen LogP contribution in [0.25, 0.3) is 0 Å². The first-order valence-electron chi connectivity index (χ1n) is 10.9. The van der Waals surface area contributed by atoms with E-state index in [1.54, 1.807) is 0 Å². The zero-order chi connectivity index (χ0) is 20.1.